The van der Waals surface area contributed by atoms with E-state index in [9.17, 15) is 8.78 Å². The van der Waals surface area contributed by atoms with E-state index in [0.29, 0.717) is 5.92 Å². The molecule has 0 saturated carbocycles. The topological polar surface area (TPSA) is 35.2 Å². The van der Waals surface area contributed by atoms with Gasteiger partial charge in [0, 0.05) is 5.56 Å². The molecule has 0 bridgehead atoms. The Bertz CT molecular complexity index is 362. The van der Waals surface area contributed by atoms with E-state index >= 15 is 0 Å². The summed E-state index contributed by atoms with van der Waals surface area (Å²) in [5, 5.41) is 0. The first-order valence-corrected chi connectivity index (χ1v) is 6.23. The third kappa shape index (κ3) is 4.35. The van der Waals surface area contributed by atoms with Gasteiger partial charge in [-0.2, -0.15) is 0 Å². The van der Waals surface area contributed by atoms with Crippen molar-refractivity contribution < 1.29 is 13.5 Å². The van der Waals surface area contributed by atoms with Crippen molar-refractivity contribution in [1.29, 1.82) is 0 Å². The Morgan fingerprint density at radius 2 is 1.72 bits per heavy atom. The minimum absolute atomic E-state index is 0.0332. The van der Waals surface area contributed by atoms with E-state index < -0.39 is 17.7 Å². The van der Waals surface area contributed by atoms with Crippen LogP contribution in [0.1, 0.15) is 38.8 Å². The van der Waals surface area contributed by atoms with E-state index in [1.165, 1.54) is 18.2 Å². The van der Waals surface area contributed by atoms with Gasteiger partial charge >= 0.3 is 0 Å². The van der Waals surface area contributed by atoms with Gasteiger partial charge in [-0.15, -0.1) is 0 Å². The molecule has 0 aliphatic carbocycles. The highest BCUT2D eigenvalue weighted by molar-refractivity contribution is 5.23. The van der Waals surface area contributed by atoms with Crippen LogP contribution in [-0.4, -0.2) is 12.7 Å². The summed E-state index contributed by atoms with van der Waals surface area (Å²) in [6.07, 6.45) is 0.929. The second-order valence-corrected chi connectivity index (χ2v) is 5.02. The summed E-state index contributed by atoms with van der Waals surface area (Å²) < 4.78 is 32.4. The van der Waals surface area contributed by atoms with Crippen molar-refractivity contribution in [3.05, 3.63) is 35.4 Å². The first-order chi connectivity index (χ1) is 8.41. The highest BCUT2D eigenvalue weighted by Crippen LogP contribution is 2.20. The number of hydrogen-bond donors (Lipinski definition) is 1. The average molecular weight is 257 g/mol. The van der Waals surface area contributed by atoms with Crippen LogP contribution in [0.15, 0.2) is 18.2 Å². The van der Waals surface area contributed by atoms with Crippen LogP contribution in [0.4, 0.5) is 8.78 Å². The lowest BCUT2D eigenvalue weighted by Crippen LogP contribution is -2.23. The number of rotatable bonds is 6. The summed E-state index contributed by atoms with van der Waals surface area (Å²) in [5.74, 6) is -0.730. The van der Waals surface area contributed by atoms with Crippen LogP contribution in [0.25, 0.3) is 0 Å². The maximum absolute atomic E-state index is 13.5. The largest absolute Gasteiger partial charge is 0.377 e. The van der Waals surface area contributed by atoms with Crippen molar-refractivity contribution in [2.75, 3.05) is 6.61 Å². The number of ether oxygens (including phenoxy) is 1. The smallest absolute Gasteiger partial charge is 0.130 e. The van der Waals surface area contributed by atoms with Crippen LogP contribution in [0.3, 0.4) is 0 Å². The summed E-state index contributed by atoms with van der Waals surface area (Å²) in [4.78, 5) is 0. The van der Waals surface area contributed by atoms with Gasteiger partial charge in [-0.25, -0.2) is 8.78 Å². The van der Waals surface area contributed by atoms with E-state index in [1.54, 1.807) is 0 Å². The average Bonchev–Trinajstić information content (AvgIpc) is 2.25. The van der Waals surface area contributed by atoms with Gasteiger partial charge in [-0.1, -0.05) is 19.9 Å². The lowest BCUT2D eigenvalue weighted by atomic mass is 10.1. The molecule has 4 heteroatoms. The minimum Gasteiger partial charge on any atom is -0.377 e. The Morgan fingerprint density at radius 1 is 1.17 bits per heavy atom. The Labute approximate surface area is 107 Å². The molecule has 2 unspecified atom stereocenters. The fourth-order valence-corrected chi connectivity index (χ4v) is 1.95. The van der Waals surface area contributed by atoms with E-state index in [1.807, 2.05) is 6.92 Å². The molecule has 2 atom stereocenters. The molecule has 0 heterocycles. The summed E-state index contributed by atoms with van der Waals surface area (Å²) in [6, 6.07) is 2.95. The molecule has 0 saturated heterocycles. The zero-order valence-electron chi connectivity index (χ0n) is 11.1. The Morgan fingerprint density at radius 3 is 2.22 bits per heavy atom. The molecule has 0 fully saturated rings. The molecule has 0 aliphatic rings. The summed E-state index contributed by atoms with van der Waals surface area (Å²) >= 11 is 0. The molecule has 1 aromatic rings. The van der Waals surface area contributed by atoms with Gasteiger partial charge < -0.3 is 10.5 Å². The third-order valence-electron chi connectivity index (χ3n) is 2.73. The highest BCUT2D eigenvalue weighted by Gasteiger charge is 2.17. The van der Waals surface area contributed by atoms with E-state index in [0.717, 1.165) is 6.42 Å². The third-order valence-corrected chi connectivity index (χ3v) is 2.73. The molecule has 1 aromatic carbocycles. The summed E-state index contributed by atoms with van der Waals surface area (Å²) in [7, 11) is 0. The molecule has 1 rings (SSSR count). The second-order valence-electron chi connectivity index (χ2n) is 5.02. The van der Waals surface area contributed by atoms with Crippen LogP contribution in [-0.2, 0) is 4.74 Å². The van der Waals surface area contributed by atoms with Crippen molar-refractivity contribution in [1.82, 2.24) is 0 Å². The van der Waals surface area contributed by atoms with Crippen molar-refractivity contribution in [2.45, 2.75) is 39.3 Å². The van der Waals surface area contributed by atoms with Crippen molar-refractivity contribution in [3.63, 3.8) is 0 Å². The molecule has 0 radical (unpaired) electrons. The number of hydrogen-bond acceptors (Lipinski definition) is 2. The zero-order chi connectivity index (χ0) is 13.7. The van der Waals surface area contributed by atoms with Crippen molar-refractivity contribution in [2.24, 2.45) is 11.7 Å². The first kappa shape index (κ1) is 15.1. The van der Waals surface area contributed by atoms with Gasteiger partial charge in [0.1, 0.15) is 11.6 Å². The number of halogens is 2. The maximum Gasteiger partial charge on any atom is 0.130 e. The lowest BCUT2D eigenvalue weighted by Gasteiger charge is -2.19. The Kier molecular flexibility index (Phi) is 5.69. The predicted octanol–water partition coefficient (Wildman–Crippen LogP) is 3.42. The van der Waals surface area contributed by atoms with Crippen molar-refractivity contribution in [3.8, 4) is 0 Å². The Hall–Kier alpha value is -1.00. The van der Waals surface area contributed by atoms with Gasteiger partial charge in [0.15, 0.2) is 0 Å². The minimum atomic E-state index is -0.777. The molecule has 0 aromatic heterocycles. The molecule has 0 spiro atoms. The Balaban J connectivity index is 2.58. The second kappa shape index (κ2) is 6.81. The lowest BCUT2D eigenvalue weighted by molar-refractivity contribution is 0.0420. The number of nitrogens with two attached hydrogens (primary N) is 1. The van der Waals surface area contributed by atoms with Gasteiger partial charge in [0.25, 0.3) is 0 Å². The van der Waals surface area contributed by atoms with E-state index in [-0.39, 0.29) is 18.3 Å². The van der Waals surface area contributed by atoms with Gasteiger partial charge in [-0.05, 0) is 31.4 Å². The van der Waals surface area contributed by atoms with E-state index in [4.69, 9.17) is 10.5 Å². The van der Waals surface area contributed by atoms with Crippen LogP contribution in [0, 0.1) is 17.6 Å². The highest BCUT2D eigenvalue weighted by atomic mass is 19.1. The molecule has 0 aliphatic heterocycles. The fraction of sp³-hybridized carbons (Fsp3) is 0.571. The van der Waals surface area contributed by atoms with Gasteiger partial charge in [0.2, 0.25) is 0 Å². The van der Waals surface area contributed by atoms with Crippen LogP contribution in [0.2, 0.25) is 0 Å². The normalized spacial score (nSPS) is 14.8. The number of benzene rings is 1. The SMILES string of the molecule is CC(C)CC(C)OCC(N)c1c(F)cccc1F. The summed E-state index contributed by atoms with van der Waals surface area (Å²) in [6.45, 7) is 6.24. The molecule has 2 nitrogen and oxygen atoms in total. The monoisotopic (exact) mass is 257 g/mol. The van der Waals surface area contributed by atoms with Crippen molar-refractivity contribution >= 4 is 0 Å². The maximum atomic E-state index is 13.5. The summed E-state index contributed by atoms with van der Waals surface area (Å²) in [5.41, 5.74) is 5.67. The first-order valence-electron chi connectivity index (χ1n) is 6.23. The van der Waals surface area contributed by atoms with Gasteiger partial charge in [-0.3, -0.25) is 0 Å². The van der Waals surface area contributed by atoms with Crippen LogP contribution < -0.4 is 5.73 Å². The van der Waals surface area contributed by atoms with Gasteiger partial charge in [0.05, 0.1) is 18.8 Å². The molecular weight excluding hydrogens is 236 g/mol. The predicted molar refractivity (Wildman–Crippen MR) is 68.2 cm³/mol. The van der Waals surface area contributed by atoms with Crippen LogP contribution in [0.5, 0.6) is 0 Å². The quantitative estimate of drug-likeness (QED) is 0.847. The zero-order valence-corrected chi connectivity index (χ0v) is 11.1. The molecule has 0 amide bonds. The van der Waals surface area contributed by atoms with Crippen LogP contribution >= 0.6 is 0 Å². The standard InChI is InChI=1S/C14H21F2NO/c1-9(2)7-10(3)18-8-13(17)14-11(15)5-4-6-12(14)16/h4-6,9-10,13H,7-8,17H2,1-3H3. The molecule has 102 valence electrons. The molecular formula is C14H21F2NO. The fourth-order valence-electron chi connectivity index (χ4n) is 1.95. The molecule has 2 N–H and O–H groups in total. The van der Waals surface area contributed by atoms with E-state index in [2.05, 4.69) is 13.8 Å². The molecule has 18 heavy (non-hydrogen) atoms.